The van der Waals surface area contributed by atoms with E-state index >= 15 is 0 Å². The largest absolute Gasteiger partial charge is 0.493 e. The lowest BCUT2D eigenvalue weighted by Gasteiger charge is -2.37. The van der Waals surface area contributed by atoms with E-state index < -0.39 is 35.7 Å². The summed E-state index contributed by atoms with van der Waals surface area (Å²) in [7, 11) is 1.45. The number of rotatable bonds is 9. The van der Waals surface area contributed by atoms with Crippen LogP contribution in [0.4, 0.5) is 45.7 Å². The summed E-state index contributed by atoms with van der Waals surface area (Å²) in [5.74, 6) is -4.45. The zero-order valence-corrected chi connectivity index (χ0v) is 26.5. The Morgan fingerprint density at radius 1 is 1.02 bits per heavy atom. The van der Waals surface area contributed by atoms with Crippen LogP contribution in [-0.4, -0.2) is 84.0 Å². The second-order valence-corrected chi connectivity index (χ2v) is 12.1. The monoisotopic (exact) mass is 682 g/mol. The van der Waals surface area contributed by atoms with Gasteiger partial charge in [0.05, 0.1) is 31.2 Å². The van der Waals surface area contributed by atoms with Gasteiger partial charge in [-0.25, -0.2) is 32.5 Å². The van der Waals surface area contributed by atoms with Crippen LogP contribution < -0.4 is 25.2 Å². The molecule has 48 heavy (non-hydrogen) atoms. The first-order valence-electron chi connectivity index (χ1n) is 14.9. The van der Waals surface area contributed by atoms with E-state index in [0.717, 1.165) is 23.5 Å². The minimum Gasteiger partial charge on any atom is -0.493 e. The standard InChI is InChI=1S/C32H30F4N8O3S/c1-3-26(45)42-11-13-43(14-12-42)29-23(44-10-9-32(35,36)18-44)15-19(16-37-29)22-7-8-24(47-2)28(39-22)41-31-38-17-25(48-31)30(46)40-27-20(33)5-4-6-21(27)34/h3-8,15-17H,1,9-14,18H2,2H3,(H,40,46)(H,38,39,41). The lowest BCUT2D eigenvalue weighted by atomic mass is 10.1. The molecule has 2 saturated heterocycles. The Morgan fingerprint density at radius 3 is 2.44 bits per heavy atom. The lowest BCUT2D eigenvalue weighted by molar-refractivity contribution is -0.126. The van der Waals surface area contributed by atoms with E-state index in [2.05, 4.69) is 27.2 Å². The van der Waals surface area contributed by atoms with E-state index in [-0.39, 0.29) is 34.7 Å². The van der Waals surface area contributed by atoms with Crippen LogP contribution in [-0.2, 0) is 4.79 Å². The molecule has 4 aromatic rings. The number of hydrogen-bond donors (Lipinski definition) is 2. The molecule has 0 aliphatic carbocycles. The Hall–Kier alpha value is -5.25. The predicted octanol–water partition coefficient (Wildman–Crippen LogP) is 5.56. The maximum absolute atomic E-state index is 14.4. The first-order chi connectivity index (χ1) is 23.0. The molecule has 0 bridgehead atoms. The van der Waals surface area contributed by atoms with Gasteiger partial charge in [0.2, 0.25) is 5.91 Å². The van der Waals surface area contributed by atoms with Crippen LogP contribution in [0, 0.1) is 11.6 Å². The van der Waals surface area contributed by atoms with Crippen LogP contribution in [0.15, 0.2) is 61.4 Å². The number of thiazole rings is 1. The first-order valence-corrected chi connectivity index (χ1v) is 15.7. The molecule has 0 saturated carbocycles. The highest BCUT2D eigenvalue weighted by Gasteiger charge is 2.40. The Kier molecular flexibility index (Phi) is 9.17. The maximum atomic E-state index is 14.4. The fourth-order valence-electron chi connectivity index (χ4n) is 5.46. The van der Waals surface area contributed by atoms with Crippen LogP contribution in [0.5, 0.6) is 5.75 Å². The number of anilines is 5. The highest BCUT2D eigenvalue weighted by atomic mass is 32.1. The number of ether oxygens (including phenoxy) is 1. The van der Waals surface area contributed by atoms with E-state index in [0.29, 0.717) is 54.7 Å². The third kappa shape index (κ3) is 6.88. The summed E-state index contributed by atoms with van der Waals surface area (Å²) < 4.78 is 62.3. The highest BCUT2D eigenvalue weighted by Crippen LogP contribution is 2.39. The summed E-state index contributed by atoms with van der Waals surface area (Å²) in [5.41, 5.74) is 0.974. The first kappa shape index (κ1) is 32.7. The Labute approximate surface area is 276 Å². The third-order valence-electron chi connectivity index (χ3n) is 7.95. The molecule has 3 aromatic heterocycles. The average molecular weight is 683 g/mol. The second kappa shape index (κ2) is 13.5. The quantitative estimate of drug-likeness (QED) is 0.173. The van der Waals surface area contributed by atoms with Crippen molar-refractivity contribution in [3.05, 3.63) is 78.0 Å². The zero-order chi connectivity index (χ0) is 34.0. The summed E-state index contributed by atoms with van der Waals surface area (Å²) in [5, 5.41) is 5.50. The maximum Gasteiger partial charge on any atom is 0.267 e. The molecule has 2 amide bonds. The molecule has 6 rings (SSSR count). The fraction of sp³-hybridized carbons (Fsp3) is 0.281. The molecule has 0 radical (unpaired) electrons. The van der Waals surface area contributed by atoms with Gasteiger partial charge in [0, 0.05) is 50.9 Å². The number of amides is 2. The molecule has 0 unspecified atom stereocenters. The van der Waals surface area contributed by atoms with Gasteiger partial charge in [-0.2, -0.15) is 0 Å². The van der Waals surface area contributed by atoms with Crippen molar-refractivity contribution in [2.45, 2.75) is 12.3 Å². The van der Waals surface area contributed by atoms with Gasteiger partial charge in [-0.05, 0) is 36.4 Å². The van der Waals surface area contributed by atoms with Crippen molar-refractivity contribution in [2.75, 3.05) is 66.8 Å². The summed E-state index contributed by atoms with van der Waals surface area (Å²) in [6.45, 7) is 5.07. The Balaban J connectivity index is 1.26. The number of hydrogen-bond acceptors (Lipinski definition) is 10. The third-order valence-corrected chi connectivity index (χ3v) is 8.86. The number of para-hydroxylation sites is 1. The predicted molar refractivity (Wildman–Crippen MR) is 174 cm³/mol. The molecule has 250 valence electrons. The van der Waals surface area contributed by atoms with Gasteiger partial charge in [-0.3, -0.25) is 9.59 Å². The number of methoxy groups -OCH3 is 1. The molecule has 2 N–H and O–H groups in total. The minimum absolute atomic E-state index is 0.0804. The summed E-state index contributed by atoms with van der Waals surface area (Å²) in [4.78, 5) is 43.7. The number of benzene rings is 1. The van der Waals surface area contributed by atoms with E-state index in [4.69, 9.17) is 9.72 Å². The molecule has 11 nitrogen and oxygen atoms in total. The second-order valence-electron chi connectivity index (χ2n) is 11.1. The zero-order valence-electron chi connectivity index (χ0n) is 25.7. The molecular weight excluding hydrogens is 652 g/mol. The summed E-state index contributed by atoms with van der Waals surface area (Å²) in [6.07, 6.45) is 3.86. The molecule has 16 heteroatoms. The van der Waals surface area contributed by atoms with Crippen LogP contribution in [0.3, 0.4) is 0 Å². The molecular formula is C32H30F4N8O3S. The number of aromatic nitrogens is 3. The number of pyridine rings is 2. The minimum atomic E-state index is -2.84. The van der Waals surface area contributed by atoms with Crippen molar-refractivity contribution in [2.24, 2.45) is 0 Å². The van der Waals surface area contributed by atoms with Crippen molar-refractivity contribution in [1.29, 1.82) is 0 Å². The van der Waals surface area contributed by atoms with E-state index in [1.807, 2.05) is 4.90 Å². The number of carbonyl (C=O) groups is 2. The molecule has 0 atom stereocenters. The van der Waals surface area contributed by atoms with Gasteiger partial charge < -0.3 is 30.1 Å². The smallest absolute Gasteiger partial charge is 0.267 e. The van der Waals surface area contributed by atoms with E-state index in [9.17, 15) is 27.2 Å². The van der Waals surface area contributed by atoms with Crippen LogP contribution in [0.1, 0.15) is 16.1 Å². The van der Waals surface area contributed by atoms with Gasteiger partial charge in [0.15, 0.2) is 22.5 Å². The molecule has 2 aliphatic heterocycles. The molecule has 1 aromatic carbocycles. The van der Waals surface area contributed by atoms with E-state index in [1.165, 1.54) is 25.4 Å². The van der Waals surface area contributed by atoms with Crippen molar-refractivity contribution in [1.82, 2.24) is 19.9 Å². The van der Waals surface area contributed by atoms with Crippen molar-refractivity contribution < 1.29 is 31.9 Å². The van der Waals surface area contributed by atoms with Gasteiger partial charge in [0.1, 0.15) is 22.2 Å². The Morgan fingerprint density at radius 2 is 1.77 bits per heavy atom. The van der Waals surface area contributed by atoms with Crippen LogP contribution in [0.2, 0.25) is 0 Å². The highest BCUT2D eigenvalue weighted by molar-refractivity contribution is 7.17. The Bertz CT molecular complexity index is 1840. The van der Waals surface area contributed by atoms with Gasteiger partial charge >= 0.3 is 0 Å². The van der Waals surface area contributed by atoms with Crippen molar-refractivity contribution in [3.8, 4) is 17.0 Å². The number of nitrogens with zero attached hydrogens (tertiary/aromatic N) is 6. The number of nitrogens with one attached hydrogen (secondary N) is 2. The van der Waals surface area contributed by atoms with Crippen molar-refractivity contribution in [3.63, 3.8) is 0 Å². The number of piperazine rings is 1. The number of halogens is 4. The molecule has 0 spiro atoms. The molecule has 2 fully saturated rings. The van der Waals surface area contributed by atoms with Gasteiger partial charge in [-0.15, -0.1) is 0 Å². The molecule has 5 heterocycles. The van der Waals surface area contributed by atoms with Gasteiger partial charge in [0.25, 0.3) is 11.8 Å². The molecule has 2 aliphatic rings. The number of alkyl halides is 2. The lowest BCUT2D eigenvalue weighted by Crippen LogP contribution is -2.49. The van der Waals surface area contributed by atoms with Gasteiger partial charge in [-0.1, -0.05) is 24.0 Å². The summed E-state index contributed by atoms with van der Waals surface area (Å²) in [6, 6.07) is 8.40. The van der Waals surface area contributed by atoms with Crippen LogP contribution >= 0.6 is 11.3 Å². The SMILES string of the molecule is C=CC(=O)N1CCN(c2ncc(-c3ccc(OC)c(Nc4ncc(C(=O)Nc5c(F)cccc5F)s4)n3)cc2N2CCC(F)(F)C2)CC1. The summed E-state index contributed by atoms with van der Waals surface area (Å²) >= 11 is 0.927. The normalized spacial score (nSPS) is 15.7. The average Bonchev–Trinajstić information content (AvgIpc) is 3.71. The van der Waals surface area contributed by atoms with Crippen LogP contribution in [0.25, 0.3) is 11.3 Å². The fourth-order valence-corrected chi connectivity index (χ4v) is 6.17. The van der Waals surface area contributed by atoms with Crippen molar-refractivity contribution >= 4 is 51.3 Å². The van der Waals surface area contributed by atoms with E-state index in [1.54, 1.807) is 34.2 Å². The number of carbonyl (C=O) groups excluding carboxylic acids is 2. The topological polar surface area (TPSA) is 116 Å².